The molecule has 1 atom stereocenters. The van der Waals surface area contributed by atoms with E-state index in [0.29, 0.717) is 48.3 Å². The van der Waals surface area contributed by atoms with Gasteiger partial charge in [0.05, 0.1) is 28.9 Å². The Bertz CT molecular complexity index is 2170. The summed E-state index contributed by atoms with van der Waals surface area (Å²) < 4.78 is 22.5. The minimum Gasteiger partial charge on any atom is -0.473 e. The maximum Gasteiger partial charge on any atom is 0.333 e. The summed E-state index contributed by atoms with van der Waals surface area (Å²) in [7, 11) is 1.83. The van der Waals surface area contributed by atoms with Gasteiger partial charge in [-0.1, -0.05) is 84.4 Å². The molecule has 3 aromatic heterocycles. The number of hydrogen-bond acceptors (Lipinski definition) is 7. The summed E-state index contributed by atoms with van der Waals surface area (Å²) in [5, 5.41) is 0.512. The normalized spacial score (nSPS) is 17.1. The molecule has 10 heteroatoms. The van der Waals surface area contributed by atoms with Crippen molar-refractivity contribution in [1.29, 1.82) is 0 Å². The van der Waals surface area contributed by atoms with Gasteiger partial charge in [-0.05, 0) is 66.6 Å². The molecule has 6 aromatic rings. The van der Waals surface area contributed by atoms with Crippen molar-refractivity contribution in [2.45, 2.75) is 50.4 Å². The SMILES string of the molecule is Cn1c(=O)n(-c2ccc(OCc3ccccc3)nc2OCc2ccccc2)c2cccc(N3CCC4(CCC(c5ccc(Cl)nc5)CO4)CC3)c21. The molecule has 8 rings (SSSR count). The first-order valence-corrected chi connectivity index (χ1v) is 17.9. The van der Waals surface area contributed by atoms with Gasteiger partial charge < -0.3 is 19.1 Å². The summed E-state index contributed by atoms with van der Waals surface area (Å²) in [5.74, 6) is 1.08. The molecule has 0 N–H and O–H groups in total. The van der Waals surface area contributed by atoms with E-state index in [4.69, 9.17) is 30.8 Å². The number of aryl methyl sites for hydroxylation is 1. The monoisotopic (exact) mass is 701 g/mol. The van der Waals surface area contributed by atoms with E-state index in [-0.39, 0.29) is 11.3 Å². The van der Waals surface area contributed by atoms with Crippen LogP contribution in [0.15, 0.2) is 114 Å². The minimum absolute atomic E-state index is 0.125. The Morgan fingerprint density at radius 3 is 2.22 bits per heavy atom. The third-order valence-corrected chi connectivity index (χ3v) is 10.6. The second-order valence-corrected chi connectivity index (χ2v) is 13.9. The van der Waals surface area contributed by atoms with Crippen LogP contribution in [0.4, 0.5) is 5.69 Å². The number of ether oxygens (including phenoxy) is 3. The molecule has 0 saturated carbocycles. The van der Waals surface area contributed by atoms with Crippen molar-refractivity contribution in [1.82, 2.24) is 19.1 Å². The van der Waals surface area contributed by atoms with Crippen LogP contribution in [0.3, 0.4) is 0 Å². The summed E-state index contributed by atoms with van der Waals surface area (Å²) in [4.78, 5) is 25.6. The van der Waals surface area contributed by atoms with Crippen molar-refractivity contribution in [2.24, 2.45) is 7.05 Å². The van der Waals surface area contributed by atoms with Gasteiger partial charge >= 0.3 is 5.69 Å². The molecule has 3 aromatic carbocycles. The van der Waals surface area contributed by atoms with Crippen LogP contribution in [-0.4, -0.2) is 44.4 Å². The fraction of sp³-hybridized carbons (Fsp3) is 0.293. The van der Waals surface area contributed by atoms with Gasteiger partial charge in [-0.3, -0.25) is 9.13 Å². The summed E-state index contributed by atoms with van der Waals surface area (Å²) in [6.45, 7) is 3.03. The van der Waals surface area contributed by atoms with Crippen LogP contribution in [0.2, 0.25) is 5.15 Å². The van der Waals surface area contributed by atoms with Crippen LogP contribution >= 0.6 is 11.6 Å². The smallest absolute Gasteiger partial charge is 0.333 e. The van der Waals surface area contributed by atoms with Crippen LogP contribution in [0.25, 0.3) is 16.7 Å². The fourth-order valence-electron chi connectivity index (χ4n) is 7.42. The summed E-state index contributed by atoms with van der Waals surface area (Å²) >= 11 is 6.01. The number of para-hydroxylation sites is 1. The topological polar surface area (TPSA) is 83.6 Å². The second kappa shape index (κ2) is 14.2. The summed E-state index contributed by atoms with van der Waals surface area (Å²) in [6, 6.07) is 33.6. The van der Waals surface area contributed by atoms with Crippen molar-refractivity contribution in [3.8, 4) is 17.4 Å². The van der Waals surface area contributed by atoms with E-state index in [1.807, 2.05) is 98.2 Å². The van der Waals surface area contributed by atoms with E-state index in [9.17, 15) is 4.79 Å². The molecule has 5 heterocycles. The predicted octanol–water partition coefficient (Wildman–Crippen LogP) is 7.86. The summed E-state index contributed by atoms with van der Waals surface area (Å²) in [6.07, 6.45) is 5.80. The first-order valence-electron chi connectivity index (χ1n) is 17.5. The van der Waals surface area contributed by atoms with Gasteiger partial charge in [-0.2, -0.15) is 4.98 Å². The van der Waals surface area contributed by atoms with E-state index >= 15 is 0 Å². The van der Waals surface area contributed by atoms with E-state index in [1.165, 1.54) is 5.56 Å². The largest absolute Gasteiger partial charge is 0.473 e. The van der Waals surface area contributed by atoms with Crippen molar-refractivity contribution in [2.75, 3.05) is 24.6 Å². The number of benzene rings is 3. The highest BCUT2D eigenvalue weighted by atomic mass is 35.5. The fourth-order valence-corrected chi connectivity index (χ4v) is 7.53. The van der Waals surface area contributed by atoms with Crippen LogP contribution < -0.4 is 20.1 Å². The molecule has 0 amide bonds. The Hall–Kier alpha value is -5.12. The number of anilines is 1. The maximum atomic E-state index is 14.1. The predicted molar refractivity (Wildman–Crippen MR) is 199 cm³/mol. The summed E-state index contributed by atoms with van der Waals surface area (Å²) in [5.41, 5.74) is 6.17. The Kier molecular flexibility index (Phi) is 9.23. The number of halogens is 1. The van der Waals surface area contributed by atoms with Gasteiger partial charge in [0.15, 0.2) is 0 Å². The van der Waals surface area contributed by atoms with E-state index in [1.54, 1.807) is 15.2 Å². The van der Waals surface area contributed by atoms with Gasteiger partial charge in [-0.25, -0.2) is 9.78 Å². The zero-order valence-corrected chi connectivity index (χ0v) is 29.3. The second-order valence-electron chi connectivity index (χ2n) is 13.5. The lowest BCUT2D eigenvalue weighted by molar-refractivity contribution is -0.100. The standard InChI is InChI=1S/C41H40ClN5O4/c1-45-38-33(46-23-21-41(22-24-46)20-19-32(28-51-41)31-15-17-36(42)43-25-31)13-8-14-34(38)47(40(45)48)35-16-18-37(49-26-29-9-4-2-5-10-29)44-39(35)50-27-30-11-6-3-7-12-30/h2-18,25,32H,19-24,26-28H2,1H3. The van der Waals surface area contributed by atoms with Crippen molar-refractivity contribution in [3.05, 3.63) is 142 Å². The molecule has 0 aliphatic carbocycles. The number of nitrogens with zero attached hydrogens (tertiary/aromatic N) is 5. The van der Waals surface area contributed by atoms with Gasteiger partial charge in [0.25, 0.3) is 0 Å². The molecule has 0 bridgehead atoms. The lowest BCUT2D eigenvalue weighted by Crippen LogP contribution is -2.48. The lowest BCUT2D eigenvalue weighted by Gasteiger charge is -2.46. The molecule has 2 fully saturated rings. The molecule has 1 unspecified atom stereocenters. The van der Waals surface area contributed by atoms with Crippen molar-refractivity contribution < 1.29 is 14.2 Å². The van der Waals surface area contributed by atoms with Crippen LogP contribution in [0.5, 0.6) is 11.8 Å². The number of imidazole rings is 1. The molecule has 1 spiro atoms. The highest BCUT2D eigenvalue weighted by Gasteiger charge is 2.40. The molecule has 0 radical (unpaired) electrons. The zero-order chi connectivity index (χ0) is 34.8. The van der Waals surface area contributed by atoms with Crippen LogP contribution in [0.1, 0.15) is 48.3 Å². The number of aromatic nitrogens is 4. The first-order chi connectivity index (χ1) is 25.0. The lowest BCUT2D eigenvalue weighted by atomic mass is 9.80. The Morgan fingerprint density at radius 1 is 0.824 bits per heavy atom. The molecule has 2 saturated heterocycles. The van der Waals surface area contributed by atoms with Gasteiger partial charge in [0.1, 0.15) is 24.1 Å². The molecule has 2 aliphatic heterocycles. The Balaban J connectivity index is 1.05. The molecular formula is C41H40ClN5O4. The molecule has 260 valence electrons. The third-order valence-electron chi connectivity index (χ3n) is 10.3. The molecule has 51 heavy (non-hydrogen) atoms. The van der Waals surface area contributed by atoms with Gasteiger partial charge in [0.2, 0.25) is 11.8 Å². The quantitative estimate of drug-likeness (QED) is 0.142. The van der Waals surface area contributed by atoms with Crippen LogP contribution in [0, 0.1) is 0 Å². The number of pyridine rings is 2. The minimum atomic E-state index is -0.173. The van der Waals surface area contributed by atoms with E-state index in [2.05, 4.69) is 22.0 Å². The van der Waals surface area contributed by atoms with E-state index < -0.39 is 0 Å². The number of rotatable bonds is 9. The number of fused-ring (bicyclic) bond motifs is 1. The van der Waals surface area contributed by atoms with Gasteiger partial charge in [-0.15, -0.1) is 0 Å². The average molecular weight is 702 g/mol. The zero-order valence-electron chi connectivity index (χ0n) is 28.6. The molecular weight excluding hydrogens is 662 g/mol. The highest BCUT2D eigenvalue weighted by Crippen LogP contribution is 2.42. The molecule has 2 aliphatic rings. The van der Waals surface area contributed by atoms with Crippen LogP contribution in [-0.2, 0) is 25.0 Å². The molecule has 9 nitrogen and oxygen atoms in total. The number of hydrogen-bond donors (Lipinski definition) is 0. The average Bonchev–Trinajstić information content (AvgIpc) is 3.44. The first kappa shape index (κ1) is 33.0. The number of piperidine rings is 1. The van der Waals surface area contributed by atoms with Gasteiger partial charge in [0, 0.05) is 38.3 Å². The van der Waals surface area contributed by atoms with E-state index in [0.717, 1.165) is 66.6 Å². The van der Waals surface area contributed by atoms with Crippen molar-refractivity contribution >= 4 is 28.3 Å². The highest BCUT2D eigenvalue weighted by molar-refractivity contribution is 6.29. The Labute approximate surface area is 302 Å². The Morgan fingerprint density at radius 2 is 1.55 bits per heavy atom. The third kappa shape index (κ3) is 6.83. The maximum absolute atomic E-state index is 14.1. The van der Waals surface area contributed by atoms with Crippen molar-refractivity contribution in [3.63, 3.8) is 0 Å².